The van der Waals surface area contributed by atoms with E-state index in [1.54, 1.807) is 18.7 Å². The zero-order valence-corrected chi connectivity index (χ0v) is 13.0. The Morgan fingerprint density at radius 3 is 3.05 bits per heavy atom. The van der Waals surface area contributed by atoms with Gasteiger partial charge in [-0.1, -0.05) is 6.07 Å². The van der Waals surface area contributed by atoms with Gasteiger partial charge < -0.3 is 19.7 Å². The molecule has 0 bridgehead atoms. The van der Waals surface area contributed by atoms with Crippen molar-refractivity contribution in [2.45, 2.75) is 44.9 Å². The number of aromatic nitrogens is 2. The highest BCUT2D eigenvalue weighted by Gasteiger charge is 2.38. The largest absolute Gasteiger partial charge is 0.388 e. The van der Waals surface area contributed by atoms with Crippen LogP contribution in [0.1, 0.15) is 32.4 Å². The highest BCUT2D eigenvalue weighted by molar-refractivity contribution is 5.75. The molecule has 22 heavy (non-hydrogen) atoms. The fraction of sp³-hybridized carbons (Fsp3) is 0.500. The molecule has 6 heteroatoms. The number of fused-ring (bicyclic) bond motifs is 1. The van der Waals surface area contributed by atoms with Crippen LogP contribution in [0.4, 0.5) is 4.79 Å². The quantitative estimate of drug-likeness (QED) is 0.908. The van der Waals surface area contributed by atoms with Crippen LogP contribution in [-0.2, 0) is 6.54 Å². The zero-order chi connectivity index (χ0) is 15.7. The molecule has 3 rings (SSSR count). The normalized spacial score (nSPS) is 18.9. The SMILES string of the molecule is CC(C)(O)[C@@H]1CCCN1C(=O)NCc1cn2ccccc2n1. The van der Waals surface area contributed by atoms with E-state index in [1.807, 2.05) is 35.0 Å². The molecule has 0 aromatic carbocycles. The molecule has 1 aliphatic heterocycles. The van der Waals surface area contributed by atoms with Gasteiger partial charge in [-0.3, -0.25) is 0 Å². The minimum absolute atomic E-state index is 0.131. The lowest BCUT2D eigenvalue weighted by Crippen LogP contribution is -2.51. The number of hydrogen-bond donors (Lipinski definition) is 2. The van der Waals surface area contributed by atoms with Gasteiger partial charge in [0.1, 0.15) is 5.65 Å². The van der Waals surface area contributed by atoms with Crippen molar-refractivity contribution in [3.05, 3.63) is 36.3 Å². The summed E-state index contributed by atoms with van der Waals surface area (Å²) >= 11 is 0. The number of aliphatic hydroxyl groups is 1. The number of hydrogen-bond acceptors (Lipinski definition) is 3. The van der Waals surface area contributed by atoms with Crippen molar-refractivity contribution >= 4 is 11.7 Å². The number of urea groups is 1. The van der Waals surface area contributed by atoms with Crippen LogP contribution in [0.25, 0.3) is 5.65 Å². The van der Waals surface area contributed by atoms with Gasteiger partial charge in [0.25, 0.3) is 0 Å². The standard InChI is InChI=1S/C16H22N4O2/c1-16(2,22)13-6-5-9-20(13)15(21)17-10-12-11-19-8-4-3-7-14(19)18-12/h3-4,7-8,11,13,22H,5-6,9-10H2,1-2H3,(H,17,21)/t13-/m0/s1. The number of pyridine rings is 1. The van der Waals surface area contributed by atoms with Crippen molar-refractivity contribution in [3.8, 4) is 0 Å². The van der Waals surface area contributed by atoms with Crippen LogP contribution in [0.2, 0.25) is 0 Å². The van der Waals surface area contributed by atoms with Crippen LogP contribution in [0.3, 0.4) is 0 Å². The van der Waals surface area contributed by atoms with Crippen LogP contribution in [0.15, 0.2) is 30.6 Å². The van der Waals surface area contributed by atoms with Gasteiger partial charge in [-0.2, -0.15) is 0 Å². The molecule has 1 aliphatic rings. The summed E-state index contributed by atoms with van der Waals surface area (Å²) in [5, 5.41) is 13.1. The van der Waals surface area contributed by atoms with Crippen molar-refractivity contribution in [1.82, 2.24) is 19.6 Å². The molecule has 2 amide bonds. The lowest BCUT2D eigenvalue weighted by molar-refractivity contribution is 0.00978. The molecule has 1 atom stereocenters. The molecule has 0 spiro atoms. The molecule has 1 saturated heterocycles. The molecule has 118 valence electrons. The highest BCUT2D eigenvalue weighted by Crippen LogP contribution is 2.26. The molecule has 0 aliphatic carbocycles. The molecule has 0 unspecified atom stereocenters. The summed E-state index contributed by atoms with van der Waals surface area (Å²) in [7, 11) is 0. The van der Waals surface area contributed by atoms with Crippen molar-refractivity contribution in [2.24, 2.45) is 0 Å². The van der Waals surface area contributed by atoms with E-state index in [0.717, 1.165) is 24.2 Å². The summed E-state index contributed by atoms with van der Waals surface area (Å²) in [4.78, 5) is 18.6. The fourth-order valence-electron chi connectivity index (χ4n) is 3.08. The summed E-state index contributed by atoms with van der Waals surface area (Å²) in [6, 6.07) is 5.53. The second-order valence-electron chi connectivity index (χ2n) is 6.36. The van der Waals surface area contributed by atoms with Crippen molar-refractivity contribution in [3.63, 3.8) is 0 Å². The van der Waals surface area contributed by atoms with E-state index in [-0.39, 0.29) is 12.1 Å². The Bertz CT molecular complexity index is 641. The van der Waals surface area contributed by atoms with E-state index in [1.165, 1.54) is 0 Å². The average Bonchev–Trinajstić information content (AvgIpc) is 3.10. The van der Waals surface area contributed by atoms with Gasteiger partial charge in [0.15, 0.2) is 0 Å². The molecule has 6 nitrogen and oxygen atoms in total. The van der Waals surface area contributed by atoms with Gasteiger partial charge in [0.05, 0.1) is 23.9 Å². The van der Waals surface area contributed by atoms with Crippen LogP contribution < -0.4 is 5.32 Å². The van der Waals surface area contributed by atoms with Crippen LogP contribution in [-0.4, -0.2) is 43.6 Å². The number of nitrogens with one attached hydrogen (secondary N) is 1. The minimum atomic E-state index is -0.878. The molecular formula is C16H22N4O2. The third kappa shape index (κ3) is 2.92. The maximum atomic E-state index is 12.4. The van der Waals surface area contributed by atoms with Crippen molar-refractivity contribution in [2.75, 3.05) is 6.54 Å². The van der Waals surface area contributed by atoms with Crippen LogP contribution >= 0.6 is 0 Å². The van der Waals surface area contributed by atoms with E-state index in [2.05, 4.69) is 10.3 Å². The lowest BCUT2D eigenvalue weighted by Gasteiger charge is -2.33. The predicted octanol–water partition coefficient (Wildman–Crippen LogP) is 1.78. The lowest BCUT2D eigenvalue weighted by atomic mass is 9.97. The summed E-state index contributed by atoms with van der Waals surface area (Å²) in [5.41, 5.74) is 0.803. The van der Waals surface area contributed by atoms with Crippen molar-refractivity contribution < 1.29 is 9.90 Å². The van der Waals surface area contributed by atoms with E-state index in [4.69, 9.17) is 0 Å². The number of imidazole rings is 1. The number of likely N-dealkylation sites (tertiary alicyclic amines) is 1. The molecular weight excluding hydrogens is 280 g/mol. The third-order valence-corrected chi connectivity index (χ3v) is 4.16. The third-order valence-electron chi connectivity index (χ3n) is 4.16. The summed E-state index contributed by atoms with van der Waals surface area (Å²) in [6.07, 6.45) is 5.60. The first-order valence-corrected chi connectivity index (χ1v) is 7.64. The van der Waals surface area contributed by atoms with E-state index < -0.39 is 5.60 Å². The number of rotatable bonds is 3. The maximum Gasteiger partial charge on any atom is 0.318 e. The van der Waals surface area contributed by atoms with Crippen molar-refractivity contribution in [1.29, 1.82) is 0 Å². The molecule has 1 fully saturated rings. The molecule has 2 aromatic rings. The Balaban J connectivity index is 1.64. The monoisotopic (exact) mass is 302 g/mol. The van der Waals surface area contributed by atoms with E-state index in [0.29, 0.717) is 13.1 Å². The highest BCUT2D eigenvalue weighted by atomic mass is 16.3. The first-order valence-electron chi connectivity index (χ1n) is 7.64. The molecule has 0 radical (unpaired) electrons. The van der Waals surface area contributed by atoms with Crippen LogP contribution in [0, 0.1) is 0 Å². The van der Waals surface area contributed by atoms with E-state index >= 15 is 0 Å². The Hall–Kier alpha value is -2.08. The zero-order valence-electron chi connectivity index (χ0n) is 13.0. The first-order chi connectivity index (χ1) is 10.4. The Morgan fingerprint density at radius 2 is 2.32 bits per heavy atom. The molecule has 2 N–H and O–H groups in total. The number of amides is 2. The molecule has 0 saturated carbocycles. The Kier molecular flexibility index (Phi) is 3.78. The number of carbonyl (C=O) groups is 1. The summed E-state index contributed by atoms with van der Waals surface area (Å²) in [6.45, 7) is 4.58. The number of carbonyl (C=O) groups excluding carboxylic acids is 1. The maximum absolute atomic E-state index is 12.4. The average molecular weight is 302 g/mol. The minimum Gasteiger partial charge on any atom is -0.388 e. The van der Waals surface area contributed by atoms with Gasteiger partial charge in [-0.25, -0.2) is 9.78 Å². The molecule has 3 heterocycles. The Morgan fingerprint density at radius 1 is 1.50 bits per heavy atom. The Labute approximate surface area is 129 Å². The summed E-state index contributed by atoms with van der Waals surface area (Å²) < 4.78 is 1.93. The van der Waals surface area contributed by atoms with Gasteiger partial charge in [0, 0.05) is 18.9 Å². The molecule has 2 aromatic heterocycles. The topological polar surface area (TPSA) is 69.9 Å². The predicted molar refractivity (Wildman–Crippen MR) is 83.5 cm³/mol. The van der Waals surface area contributed by atoms with Gasteiger partial charge >= 0.3 is 6.03 Å². The number of nitrogens with zero attached hydrogens (tertiary/aromatic N) is 3. The van der Waals surface area contributed by atoms with E-state index in [9.17, 15) is 9.90 Å². The summed E-state index contributed by atoms with van der Waals surface area (Å²) in [5.74, 6) is 0. The van der Waals surface area contributed by atoms with Gasteiger partial charge in [0.2, 0.25) is 0 Å². The second kappa shape index (κ2) is 5.61. The van der Waals surface area contributed by atoms with Gasteiger partial charge in [-0.15, -0.1) is 0 Å². The second-order valence-corrected chi connectivity index (χ2v) is 6.36. The fourth-order valence-corrected chi connectivity index (χ4v) is 3.08. The smallest absolute Gasteiger partial charge is 0.318 e. The van der Waals surface area contributed by atoms with Gasteiger partial charge in [-0.05, 0) is 38.8 Å². The van der Waals surface area contributed by atoms with Crippen LogP contribution in [0.5, 0.6) is 0 Å². The first kappa shape index (κ1) is 14.8.